The molecule has 2 rings (SSSR count). The number of amidine groups is 1. The van der Waals surface area contributed by atoms with Gasteiger partial charge in [-0.25, -0.2) is 0 Å². The quantitative estimate of drug-likeness (QED) is 0.262. The van der Waals surface area contributed by atoms with Crippen molar-refractivity contribution in [3.63, 3.8) is 0 Å². The molecule has 1 aliphatic carbocycles. The summed E-state index contributed by atoms with van der Waals surface area (Å²) in [6, 6.07) is 0. The number of nitro groups is 1. The third kappa shape index (κ3) is 6.34. The summed E-state index contributed by atoms with van der Waals surface area (Å²) in [7, 11) is 0. The summed E-state index contributed by atoms with van der Waals surface area (Å²) >= 11 is 11.5. The Hall–Kier alpha value is -1.11. The molecule has 8 heteroatoms. The third-order valence-corrected chi connectivity index (χ3v) is 4.24. The summed E-state index contributed by atoms with van der Waals surface area (Å²) in [5.74, 6) is -0.964. The minimum Gasteiger partial charge on any atom is -0.359 e. The Morgan fingerprint density at radius 2 is 1.77 bits per heavy atom. The van der Waals surface area contributed by atoms with E-state index in [1.807, 2.05) is 0 Å². The molecule has 1 unspecified atom stereocenters. The van der Waals surface area contributed by atoms with Gasteiger partial charge in [-0.3, -0.25) is 0 Å². The number of allylic oxidation sites excluding steroid dienone is 1. The van der Waals surface area contributed by atoms with Crippen LogP contribution in [0.15, 0.2) is 22.3 Å². The molecule has 1 aliphatic heterocycles. The second kappa shape index (κ2) is 9.82. The van der Waals surface area contributed by atoms with E-state index in [9.17, 15) is 10.1 Å². The fraction of sp³-hybridized carbons (Fsp3) is 0.643. The lowest BCUT2D eigenvalue weighted by molar-refractivity contribution is -0.349. The van der Waals surface area contributed by atoms with Gasteiger partial charge in [0.15, 0.2) is 5.03 Å². The zero-order valence-corrected chi connectivity index (χ0v) is 13.9. The molecule has 1 saturated carbocycles. The Bertz CT molecular complexity index is 452. The highest BCUT2D eigenvalue weighted by Crippen LogP contribution is 2.22. The van der Waals surface area contributed by atoms with Crippen LogP contribution < -0.4 is 5.32 Å². The zero-order chi connectivity index (χ0) is 16.5. The van der Waals surface area contributed by atoms with E-state index in [1.54, 1.807) is 0 Å². The van der Waals surface area contributed by atoms with Gasteiger partial charge in [-0.1, -0.05) is 60.9 Å². The average molecular weight is 350 g/mol. The first kappa shape index (κ1) is 18.9. The number of rotatable bonds is 4. The lowest BCUT2D eigenvalue weighted by Gasteiger charge is -2.25. The van der Waals surface area contributed by atoms with Crippen LogP contribution in [-0.2, 0) is 4.74 Å². The molecule has 0 aromatic carbocycles. The number of hydrogen-bond acceptors (Lipinski definition) is 5. The Balaban J connectivity index is 0.000000519. The molecule has 0 aromatic heterocycles. The highest BCUT2D eigenvalue weighted by Gasteiger charge is 2.21. The lowest BCUT2D eigenvalue weighted by Crippen LogP contribution is -2.34. The van der Waals surface area contributed by atoms with Crippen LogP contribution in [0.5, 0.6) is 0 Å². The van der Waals surface area contributed by atoms with E-state index in [2.05, 4.69) is 11.9 Å². The average Bonchev–Trinajstić information content (AvgIpc) is 2.44. The Labute approximate surface area is 140 Å². The number of hydrogen-bond donors (Lipinski definition) is 2. The predicted octanol–water partition coefficient (Wildman–Crippen LogP) is 4.12. The van der Waals surface area contributed by atoms with Crippen molar-refractivity contribution in [1.29, 1.82) is 5.41 Å². The van der Waals surface area contributed by atoms with Crippen LogP contribution in [0.3, 0.4) is 0 Å². The van der Waals surface area contributed by atoms with Gasteiger partial charge in [0.25, 0.3) is 0 Å². The zero-order valence-electron chi connectivity index (χ0n) is 12.4. The topological polar surface area (TPSA) is 88.2 Å². The van der Waals surface area contributed by atoms with Gasteiger partial charge in [0, 0.05) is 12.3 Å². The number of halogens is 2. The number of nitrogens with one attached hydrogen (secondary N) is 2. The van der Waals surface area contributed by atoms with Gasteiger partial charge in [0.05, 0.1) is 5.03 Å². The van der Waals surface area contributed by atoms with Gasteiger partial charge in [-0.2, -0.15) is 0 Å². The second-order valence-electron chi connectivity index (χ2n) is 5.13. The van der Waals surface area contributed by atoms with E-state index in [1.165, 1.54) is 25.7 Å². The van der Waals surface area contributed by atoms with E-state index in [4.69, 9.17) is 33.3 Å². The highest BCUT2D eigenvalue weighted by molar-refractivity contribution is 6.48. The first-order chi connectivity index (χ1) is 10.4. The fourth-order valence-electron chi connectivity index (χ4n) is 1.68. The summed E-state index contributed by atoms with van der Waals surface area (Å²) in [6.07, 6.45) is 8.59. The van der Waals surface area contributed by atoms with Gasteiger partial charge < -0.3 is 20.2 Å². The summed E-state index contributed by atoms with van der Waals surface area (Å²) in [4.78, 5) is 9.47. The van der Waals surface area contributed by atoms with E-state index < -0.39 is 15.8 Å². The van der Waals surface area contributed by atoms with Gasteiger partial charge in [-0.05, 0) is 24.2 Å². The molecule has 6 nitrogen and oxygen atoms in total. The van der Waals surface area contributed by atoms with Crippen molar-refractivity contribution in [3.05, 3.63) is 32.5 Å². The van der Waals surface area contributed by atoms with E-state index >= 15 is 0 Å². The molecule has 0 spiro atoms. The minimum absolute atomic E-state index is 0.146. The smallest absolute Gasteiger partial charge is 0.359 e. The van der Waals surface area contributed by atoms with Crippen molar-refractivity contribution in [2.24, 2.45) is 0 Å². The van der Waals surface area contributed by atoms with E-state index in [0.717, 1.165) is 19.3 Å². The summed E-state index contributed by atoms with van der Waals surface area (Å²) in [5, 5.41) is 19.8. The molecule has 0 aromatic rings. The minimum atomic E-state index is -0.964. The van der Waals surface area contributed by atoms with Crippen molar-refractivity contribution in [2.45, 2.75) is 51.2 Å². The summed E-state index contributed by atoms with van der Waals surface area (Å²) in [6.45, 7) is 4.27. The first-order valence-corrected chi connectivity index (χ1v) is 8.05. The second-order valence-corrected chi connectivity index (χ2v) is 5.88. The van der Waals surface area contributed by atoms with E-state index in [-0.39, 0.29) is 17.0 Å². The summed E-state index contributed by atoms with van der Waals surface area (Å²) in [5.41, 5.74) is 0.208. The van der Waals surface area contributed by atoms with Gasteiger partial charge >= 0.3 is 5.84 Å². The van der Waals surface area contributed by atoms with Gasteiger partial charge in [0.1, 0.15) is 6.23 Å². The Morgan fingerprint density at radius 1 is 1.18 bits per heavy atom. The first-order valence-electron chi connectivity index (χ1n) is 7.29. The van der Waals surface area contributed by atoms with Crippen LogP contribution >= 0.6 is 23.2 Å². The normalized spacial score (nSPS) is 21.5. The third-order valence-electron chi connectivity index (χ3n) is 3.36. The molecule has 0 bridgehead atoms. The molecule has 1 saturated heterocycles. The molecule has 22 heavy (non-hydrogen) atoms. The molecule has 0 radical (unpaired) electrons. The van der Waals surface area contributed by atoms with Crippen molar-refractivity contribution in [1.82, 2.24) is 5.32 Å². The number of ether oxygens (including phenoxy) is 1. The molecule has 2 fully saturated rings. The maximum atomic E-state index is 10.4. The maximum Gasteiger partial charge on any atom is 0.376 e. The van der Waals surface area contributed by atoms with Crippen LogP contribution in [0.1, 0.15) is 44.9 Å². The highest BCUT2D eigenvalue weighted by atomic mass is 35.5. The van der Waals surface area contributed by atoms with Crippen molar-refractivity contribution in [3.8, 4) is 0 Å². The molecular weight excluding hydrogens is 329 g/mol. The van der Waals surface area contributed by atoms with Crippen molar-refractivity contribution < 1.29 is 9.66 Å². The molecule has 0 amide bonds. The van der Waals surface area contributed by atoms with Gasteiger partial charge in [0.2, 0.25) is 0 Å². The Kier molecular flexibility index (Phi) is 8.45. The predicted molar refractivity (Wildman–Crippen MR) is 87.8 cm³/mol. The monoisotopic (exact) mass is 349 g/mol. The van der Waals surface area contributed by atoms with Crippen molar-refractivity contribution >= 4 is 29.0 Å². The SMILES string of the molecule is C1CCC1.C=C(NC1CCCCO1)/C(Cl)=C(/Cl)C(=N)[N+](=O)[O-]. The standard InChI is InChI=1S/C10H13Cl2N3O3.C4H8/c1-6(14-7-4-2-3-5-18-7)8(11)9(12)10(13)15(16)17;1-2-4-3-1/h7,13-14H,1-5H2;1-4H2/b9-8-,13-10?;. The number of nitrogens with zero attached hydrogens (tertiary/aromatic N) is 1. The molecule has 2 aliphatic rings. The molecule has 1 atom stereocenters. The molecule has 2 N–H and O–H groups in total. The molecule has 1 heterocycles. The fourth-order valence-corrected chi connectivity index (χ4v) is 2.01. The maximum absolute atomic E-state index is 10.4. The Morgan fingerprint density at radius 3 is 2.18 bits per heavy atom. The van der Waals surface area contributed by atoms with Crippen LogP contribution in [0.25, 0.3) is 0 Å². The largest absolute Gasteiger partial charge is 0.376 e. The van der Waals surface area contributed by atoms with Crippen LogP contribution in [-0.4, -0.2) is 23.6 Å². The van der Waals surface area contributed by atoms with E-state index in [0.29, 0.717) is 6.61 Å². The molecule has 124 valence electrons. The molecular formula is C14H21Cl2N3O3. The van der Waals surface area contributed by atoms with Crippen LogP contribution in [0.4, 0.5) is 0 Å². The van der Waals surface area contributed by atoms with Gasteiger partial charge in [-0.15, -0.1) is 0 Å². The van der Waals surface area contributed by atoms with Crippen LogP contribution in [0.2, 0.25) is 0 Å². The lowest BCUT2D eigenvalue weighted by atomic mass is 10.0. The van der Waals surface area contributed by atoms with Crippen LogP contribution in [0, 0.1) is 15.5 Å². The van der Waals surface area contributed by atoms with Crippen molar-refractivity contribution in [2.75, 3.05) is 6.61 Å². The summed E-state index contributed by atoms with van der Waals surface area (Å²) < 4.78 is 5.40.